The van der Waals surface area contributed by atoms with Gasteiger partial charge >= 0.3 is 11.6 Å². The molecule has 0 bridgehead atoms. The highest BCUT2D eigenvalue weighted by atomic mass is 79.9. The van der Waals surface area contributed by atoms with E-state index in [2.05, 4.69) is 20.9 Å². The molecule has 1 aliphatic rings. The van der Waals surface area contributed by atoms with E-state index in [-0.39, 0.29) is 5.82 Å². The molecule has 0 radical (unpaired) electrons. The van der Waals surface area contributed by atoms with Gasteiger partial charge in [-0.1, -0.05) is 0 Å². The van der Waals surface area contributed by atoms with Gasteiger partial charge in [0.25, 0.3) is 4.63 Å². The number of rotatable bonds is 2. The fraction of sp³-hybridized carbons (Fsp3) is 0.556. The number of hydrogen-bond donors (Lipinski definition) is 3. The molecular formula is C9H10BrF2N3O4. The van der Waals surface area contributed by atoms with Crippen LogP contribution in [0.3, 0.4) is 0 Å². The predicted octanol–water partition coefficient (Wildman–Crippen LogP) is -0.782. The zero-order valence-corrected chi connectivity index (χ0v) is 10.9. The Hall–Kier alpha value is -1.10. The number of nitrogens with zero attached hydrogens (tertiary/aromatic N) is 2. The number of nitrogens with two attached hydrogens (primary N) is 1. The first-order valence-corrected chi connectivity index (χ1v) is 5.92. The molecule has 19 heavy (non-hydrogen) atoms. The summed E-state index contributed by atoms with van der Waals surface area (Å²) in [6.45, 7) is -0.832. The molecule has 0 amide bonds. The van der Waals surface area contributed by atoms with E-state index in [0.29, 0.717) is 4.57 Å². The average molecular weight is 342 g/mol. The number of aliphatic hydroxyl groups is 2. The third kappa shape index (κ3) is 1.95. The Balaban J connectivity index is 2.56. The maximum atomic E-state index is 14.0. The van der Waals surface area contributed by atoms with E-state index in [9.17, 15) is 18.7 Å². The SMILES string of the molecule is Nc1ccn([C@]2(Br)O[C@H](CO)C(O)C2(F)F)c(=O)n1. The van der Waals surface area contributed by atoms with Crippen LogP contribution in [0.25, 0.3) is 0 Å². The monoisotopic (exact) mass is 341 g/mol. The van der Waals surface area contributed by atoms with Gasteiger partial charge in [0.1, 0.15) is 11.9 Å². The lowest BCUT2D eigenvalue weighted by atomic mass is 10.1. The van der Waals surface area contributed by atoms with E-state index in [1.54, 1.807) is 0 Å². The van der Waals surface area contributed by atoms with E-state index >= 15 is 0 Å². The molecule has 2 rings (SSSR count). The number of hydrogen-bond acceptors (Lipinski definition) is 6. The zero-order chi connectivity index (χ0) is 14.4. The van der Waals surface area contributed by atoms with Crippen LogP contribution in [0.4, 0.5) is 14.6 Å². The minimum Gasteiger partial charge on any atom is -0.394 e. The lowest BCUT2D eigenvalue weighted by molar-refractivity contribution is -0.159. The van der Waals surface area contributed by atoms with Crippen LogP contribution in [0, 0.1) is 0 Å². The molecule has 0 spiro atoms. The van der Waals surface area contributed by atoms with Crippen LogP contribution in [0.2, 0.25) is 0 Å². The quantitative estimate of drug-likeness (QED) is 0.608. The van der Waals surface area contributed by atoms with E-state index in [4.69, 9.17) is 15.6 Å². The van der Waals surface area contributed by atoms with Gasteiger partial charge in [0.15, 0.2) is 6.10 Å². The largest absolute Gasteiger partial charge is 0.394 e. The number of aliphatic hydroxyl groups excluding tert-OH is 2. The molecule has 0 aliphatic carbocycles. The van der Waals surface area contributed by atoms with Crippen molar-refractivity contribution in [3.63, 3.8) is 0 Å². The highest BCUT2D eigenvalue weighted by molar-refractivity contribution is 9.09. The molecule has 2 heterocycles. The fourth-order valence-electron chi connectivity index (χ4n) is 1.75. The first-order chi connectivity index (χ1) is 8.74. The van der Waals surface area contributed by atoms with Gasteiger partial charge in [0, 0.05) is 6.20 Å². The van der Waals surface area contributed by atoms with Gasteiger partial charge in [-0.2, -0.15) is 13.8 Å². The molecule has 1 aromatic rings. The summed E-state index contributed by atoms with van der Waals surface area (Å²) in [6.07, 6.45) is -2.86. The number of alkyl halides is 3. The normalized spacial score (nSPS) is 33.5. The highest BCUT2D eigenvalue weighted by Gasteiger charge is 2.69. The average Bonchev–Trinajstić information content (AvgIpc) is 2.50. The second-order valence-corrected chi connectivity index (χ2v) is 5.05. The molecule has 1 aliphatic heterocycles. The molecule has 106 valence electrons. The number of nitrogen functional groups attached to an aromatic ring is 1. The zero-order valence-electron chi connectivity index (χ0n) is 9.33. The van der Waals surface area contributed by atoms with E-state index in [0.717, 1.165) is 12.3 Å². The van der Waals surface area contributed by atoms with Gasteiger partial charge < -0.3 is 20.7 Å². The third-order valence-corrected chi connectivity index (χ3v) is 3.85. The van der Waals surface area contributed by atoms with E-state index < -0.39 is 35.1 Å². The van der Waals surface area contributed by atoms with Crippen LogP contribution in [-0.4, -0.2) is 44.5 Å². The summed E-state index contributed by atoms with van der Waals surface area (Å²) in [4.78, 5) is 14.9. The molecule has 1 unspecified atom stereocenters. The smallest absolute Gasteiger partial charge is 0.352 e. The Kier molecular flexibility index (Phi) is 3.37. The molecule has 10 heteroatoms. The van der Waals surface area contributed by atoms with Crippen molar-refractivity contribution < 1.29 is 23.7 Å². The molecule has 4 N–H and O–H groups in total. The van der Waals surface area contributed by atoms with Crippen molar-refractivity contribution in [1.29, 1.82) is 0 Å². The van der Waals surface area contributed by atoms with Crippen molar-refractivity contribution >= 4 is 21.7 Å². The summed E-state index contributed by atoms with van der Waals surface area (Å²) in [6, 6.07) is 1.13. The summed E-state index contributed by atoms with van der Waals surface area (Å²) in [5.41, 5.74) is 4.18. The van der Waals surface area contributed by atoms with Crippen molar-refractivity contribution in [2.45, 2.75) is 22.8 Å². The molecule has 1 saturated heterocycles. The Labute approximate surface area is 113 Å². The van der Waals surface area contributed by atoms with Crippen LogP contribution in [-0.2, 0) is 9.37 Å². The minimum atomic E-state index is -3.86. The molecule has 3 atom stereocenters. The van der Waals surface area contributed by atoms with Crippen LogP contribution >= 0.6 is 15.9 Å². The number of halogens is 3. The van der Waals surface area contributed by atoms with E-state index in [1.165, 1.54) is 0 Å². The van der Waals surface area contributed by atoms with E-state index in [1.807, 2.05) is 0 Å². The lowest BCUT2D eigenvalue weighted by Gasteiger charge is -2.29. The molecule has 0 saturated carbocycles. The fourth-order valence-corrected chi connectivity index (χ4v) is 2.49. The topological polar surface area (TPSA) is 111 Å². The van der Waals surface area contributed by atoms with Gasteiger partial charge in [-0.05, 0) is 22.0 Å². The second kappa shape index (κ2) is 4.47. The van der Waals surface area contributed by atoms with Crippen LogP contribution < -0.4 is 11.4 Å². The van der Waals surface area contributed by atoms with Crippen molar-refractivity contribution in [3.05, 3.63) is 22.7 Å². The molecule has 7 nitrogen and oxygen atoms in total. The summed E-state index contributed by atoms with van der Waals surface area (Å²) in [7, 11) is 0. The van der Waals surface area contributed by atoms with Crippen molar-refractivity contribution in [1.82, 2.24) is 9.55 Å². The van der Waals surface area contributed by atoms with Gasteiger partial charge in [-0.25, -0.2) is 4.79 Å². The van der Waals surface area contributed by atoms with Crippen molar-refractivity contribution in [2.75, 3.05) is 12.3 Å². The summed E-state index contributed by atoms with van der Waals surface area (Å²) in [5.74, 6) is -4.00. The standard InChI is InChI=1S/C9H10BrF2N3O4/c10-9(15-2-1-5(13)14-7(15)18)8(11,12)6(17)4(3-16)19-9/h1-2,4,6,16-17H,3H2,(H2,13,14,18)/t4-,6?,9+/m1/s1. The highest BCUT2D eigenvalue weighted by Crippen LogP contribution is 2.50. The Morgan fingerprint density at radius 1 is 1.63 bits per heavy atom. The maximum absolute atomic E-state index is 14.0. The van der Waals surface area contributed by atoms with Gasteiger partial charge in [-0.15, -0.1) is 0 Å². The number of aromatic nitrogens is 2. The third-order valence-electron chi connectivity index (χ3n) is 2.76. The lowest BCUT2D eigenvalue weighted by Crippen LogP contribution is -2.51. The number of anilines is 1. The van der Waals surface area contributed by atoms with Crippen LogP contribution in [0.15, 0.2) is 17.1 Å². The van der Waals surface area contributed by atoms with Crippen molar-refractivity contribution in [2.24, 2.45) is 0 Å². The molecular weight excluding hydrogens is 332 g/mol. The van der Waals surface area contributed by atoms with Crippen LogP contribution in [0.5, 0.6) is 0 Å². The summed E-state index contributed by atoms with van der Waals surface area (Å²) < 4.78 is 30.8. The first-order valence-electron chi connectivity index (χ1n) is 5.13. The molecule has 0 aromatic carbocycles. The Morgan fingerprint density at radius 2 is 2.26 bits per heavy atom. The van der Waals surface area contributed by atoms with Crippen molar-refractivity contribution in [3.8, 4) is 0 Å². The Bertz CT molecular complexity index is 555. The van der Waals surface area contributed by atoms with Gasteiger partial charge in [-0.3, -0.25) is 4.57 Å². The van der Waals surface area contributed by atoms with Gasteiger partial charge in [0.05, 0.1) is 6.61 Å². The van der Waals surface area contributed by atoms with Gasteiger partial charge in [0.2, 0.25) is 0 Å². The Morgan fingerprint density at radius 3 is 2.74 bits per heavy atom. The summed E-state index contributed by atoms with van der Waals surface area (Å²) >= 11 is 2.61. The summed E-state index contributed by atoms with van der Waals surface area (Å²) in [5, 5.41) is 18.3. The molecule has 1 fully saturated rings. The number of ether oxygens (including phenoxy) is 1. The second-order valence-electron chi connectivity index (χ2n) is 3.97. The van der Waals surface area contributed by atoms with Crippen LogP contribution in [0.1, 0.15) is 0 Å². The molecule has 1 aromatic heterocycles. The maximum Gasteiger partial charge on any atom is 0.352 e. The minimum absolute atomic E-state index is 0.141. The predicted molar refractivity (Wildman–Crippen MR) is 62.7 cm³/mol. The first kappa shape index (κ1) is 14.3.